The molecule has 2 aromatic carbocycles. The van der Waals surface area contributed by atoms with E-state index in [1.54, 1.807) is 36.0 Å². The summed E-state index contributed by atoms with van der Waals surface area (Å²) in [5.41, 5.74) is 1.95. The molecule has 0 spiro atoms. The first-order valence-electron chi connectivity index (χ1n) is 10.4. The zero-order valence-corrected chi connectivity index (χ0v) is 20.2. The molecule has 0 saturated heterocycles. The minimum Gasteiger partial charge on any atom is -0.380 e. The minimum absolute atomic E-state index is 0.0151. The largest absolute Gasteiger partial charge is 0.380 e. The van der Waals surface area contributed by atoms with Gasteiger partial charge in [0.15, 0.2) is 0 Å². The van der Waals surface area contributed by atoms with Crippen LogP contribution in [0.15, 0.2) is 59.5 Å². The van der Waals surface area contributed by atoms with E-state index in [2.05, 4.69) is 29.2 Å². The van der Waals surface area contributed by atoms with Gasteiger partial charge in [-0.3, -0.25) is 4.79 Å². The number of hydrogen-bond donors (Lipinski definition) is 3. The number of sulfonamides is 1. The van der Waals surface area contributed by atoms with E-state index in [1.807, 2.05) is 43.5 Å². The summed E-state index contributed by atoms with van der Waals surface area (Å²) < 4.78 is 28.2. The lowest BCUT2D eigenvalue weighted by Gasteiger charge is -2.25. The molecule has 3 N–H and O–H groups in total. The van der Waals surface area contributed by atoms with Gasteiger partial charge in [0, 0.05) is 18.3 Å². The summed E-state index contributed by atoms with van der Waals surface area (Å²) in [7, 11) is -3.79. The third-order valence-electron chi connectivity index (χ3n) is 4.98. The highest BCUT2D eigenvalue weighted by atomic mass is 32.2. The zero-order chi connectivity index (χ0) is 22.9. The maximum Gasteiger partial charge on any atom is 0.241 e. The average molecular weight is 464 g/mol. The number of amides is 1. The molecule has 0 heterocycles. The predicted octanol–water partition coefficient (Wildman–Crippen LogP) is 3.65. The normalized spacial score (nSPS) is 13.6. The maximum absolute atomic E-state index is 12.9. The molecule has 0 bridgehead atoms. The van der Waals surface area contributed by atoms with Gasteiger partial charge in [0.1, 0.15) is 6.04 Å². The molecule has 6 nitrogen and oxygen atoms in total. The van der Waals surface area contributed by atoms with Crippen LogP contribution in [0.5, 0.6) is 0 Å². The van der Waals surface area contributed by atoms with Crippen LogP contribution in [0, 0.1) is 12.8 Å². The minimum atomic E-state index is -3.79. The summed E-state index contributed by atoms with van der Waals surface area (Å²) >= 11 is 1.58. The Bertz CT molecular complexity index is 917. The summed E-state index contributed by atoms with van der Waals surface area (Å²) in [6.07, 6.45) is 2.35. The van der Waals surface area contributed by atoms with Crippen molar-refractivity contribution in [3.05, 3.63) is 60.2 Å². The lowest BCUT2D eigenvalue weighted by Crippen LogP contribution is -2.50. The molecule has 0 aliphatic rings. The fourth-order valence-electron chi connectivity index (χ4n) is 2.99. The Morgan fingerprint density at radius 2 is 1.68 bits per heavy atom. The topological polar surface area (TPSA) is 87.3 Å². The van der Waals surface area contributed by atoms with Crippen LogP contribution in [0.4, 0.5) is 5.69 Å². The van der Waals surface area contributed by atoms with Crippen LogP contribution < -0.4 is 15.4 Å². The maximum atomic E-state index is 12.9. The van der Waals surface area contributed by atoms with E-state index in [1.165, 1.54) is 0 Å². The van der Waals surface area contributed by atoms with Crippen molar-refractivity contribution in [2.45, 2.75) is 44.2 Å². The summed E-state index contributed by atoms with van der Waals surface area (Å²) in [6, 6.07) is 15.6. The lowest BCUT2D eigenvalue weighted by atomic mass is 10.0. The van der Waals surface area contributed by atoms with Crippen molar-refractivity contribution in [1.82, 2.24) is 10.0 Å². The summed E-state index contributed by atoms with van der Waals surface area (Å²) in [6.45, 7) is 6.46. The van der Waals surface area contributed by atoms with Crippen molar-refractivity contribution in [2.24, 2.45) is 5.92 Å². The van der Waals surface area contributed by atoms with Crippen LogP contribution >= 0.6 is 11.8 Å². The Labute approximate surface area is 190 Å². The van der Waals surface area contributed by atoms with Crippen LogP contribution in [0.3, 0.4) is 0 Å². The van der Waals surface area contributed by atoms with E-state index >= 15 is 0 Å². The van der Waals surface area contributed by atoms with Crippen LogP contribution in [0.2, 0.25) is 0 Å². The molecular formula is C23H33N3O3S2. The van der Waals surface area contributed by atoms with Crippen LogP contribution in [-0.2, 0) is 14.8 Å². The number of hydrogen-bond acceptors (Lipinski definition) is 5. The van der Waals surface area contributed by atoms with Crippen molar-refractivity contribution >= 4 is 33.4 Å². The molecule has 0 aliphatic carbocycles. The van der Waals surface area contributed by atoms with Gasteiger partial charge in [-0.2, -0.15) is 16.5 Å². The number of nitrogens with one attached hydrogen (secondary N) is 3. The second-order valence-electron chi connectivity index (χ2n) is 7.87. The Morgan fingerprint density at radius 3 is 2.26 bits per heavy atom. The van der Waals surface area contributed by atoms with Crippen molar-refractivity contribution in [3.8, 4) is 0 Å². The smallest absolute Gasteiger partial charge is 0.241 e. The third kappa shape index (κ3) is 8.20. The molecule has 0 aliphatic heterocycles. The van der Waals surface area contributed by atoms with Gasteiger partial charge in [-0.15, -0.1) is 0 Å². The monoisotopic (exact) mass is 463 g/mol. The highest BCUT2D eigenvalue weighted by Crippen LogP contribution is 2.14. The van der Waals surface area contributed by atoms with Crippen LogP contribution in [-0.4, -0.2) is 45.0 Å². The number of aryl methyl sites for hydroxylation is 1. The molecule has 2 atom stereocenters. The molecule has 31 heavy (non-hydrogen) atoms. The van der Waals surface area contributed by atoms with Gasteiger partial charge in [-0.05, 0) is 55.5 Å². The Morgan fingerprint density at radius 1 is 1.03 bits per heavy atom. The summed E-state index contributed by atoms with van der Waals surface area (Å²) in [4.78, 5) is 13.1. The van der Waals surface area contributed by atoms with E-state index in [0.717, 1.165) is 11.3 Å². The number of carbonyl (C=O) groups excluding carboxylic acids is 1. The Kier molecular flexibility index (Phi) is 9.87. The lowest BCUT2D eigenvalue weighted by molar-refractivity contribution is -0.122. The van der Waals surface area contributed by atoms with Gasteiger partial charge in [0.2, 0.25) is 15.9 Å². The predicted molar refractivity (Wildman–Crippen MR) is 130 cm³/mol. The number of anilines is 1. The molecule has 2 rings (SSSR count). The highest BCUT2D eigenvalue weighted by molar-refractivity contribution is 7.98. The van der Waals surface area contributed by atoms with Crippen LogP contribution in [0.25, 0.3) is 0 Å². The van der Waals surface area contributed by atoms with E-state index < -0.39 is 16.1 Å². The number of benzene rings is 2. The molecule has 2 aromatic rings. The number of para-hydroxylation sites is 1. The molecule has 0 fully saturated rings. The molecule has 8 heteroatoms. The quantitative estimate of drug-likeness (QED) is 0.447. The Balaban J connectivity index is 2.06. The molecule has 2 unspecified atom stereocenters. The number of rotatable bonds is 12. The molecule has 0 aromatic heterocycles. The fourth-order valence-corrected chi connectivity index (χ4v) is 4.69. The van der Waals surface area contributed by atoms with E-state index in [-0.39, 0.29) is 22.8 Å². The van der Waals surface area contributed by atoms with Crippen LogP contribution in [0.1, 0.15) is 25.8 Å². The SMILES string of the molecule is CSCCC(NS(=O)(=O)c1ccc(C)cc1)C(=O)NCC(Nc1ccccc1)C(C)C. The van der Waals surface area contributed by atoms with Gasteiger partial charge in [-0.1, -0.05) is 49.7 Å². The van der Waals surface area contributed by atoms with Gasteiger partial charge in [0.05, 0.1) is 4.90 Å². The molecule has 0 saturated carbocycles. The first-order valence-corrected chi connectivity index (χ1v) is 13.3. The van der Waals surface area contributed by atoms with Crippen molar-refractivity contribution in [1.29, 1.82) is 0 Å². The Hall–Kier alpha value is -2.03. The van der Waals surface area contributed by atoms with Crippen molar-refractivity contribution < 1.29 is 13.2 Å². The number of carbonyl (C=O) groups is 1. The zero-order valence-electron chi connectivity index (χ0n) is 18.6. The molecule has 170 valence electrons. The highest BCUT2D eigenvalue weighted by Gasteiger charge is 2.26. The fraction of sp³-hybridized carbons (Fsp3) is 0.435. The van der Waals surface area contributed by atoms with E-state index in [4.69, 9.17) is 0 Å². The second-order valence-corrected chi connectivity index (χ2v) is 10.6. The van der Waals surface area contributed by atoms with E-state index in [0.29, 0.717) is 18.7 Å². The summed E-state index contributed by atoms with van der Waals surface area (Å²) in [5, 5.41) is 6.38. The van der Waals surface area contributed by atoms with Gasteiger partial charge >= 0.3 is 0 Å². The second kappa shape index (κ2) is 12.1. The van der Waals surface area contributed by atoms with Crippen molar-refractivity contribution in [2.75, 3.05) is 23.9 Å². The van der Waals surface area contributed by atoms with Gasteiger partial charge in [0.25, 0.3) is 0 Å². The average Bonchev–Trinajstić information content (AvgIpc) is 2.74. The van der Waals surface area contributed by atoms with E-state index in [9.17, 15) is 13.2 Å². The number of thioether (sulfide) groups is 1. The third-order valence-corrected chi connectivity index (χ3v) is 7.11. The molecule has 0 radical (unpaired) electrons. The summed E-state index contributed by atoms with van der Waals surface area (Å²) in [5.74, 6) is 0.629. The van der Waals surface area contributed by atoms with Crippen molar-refractivity contribution in [3.63, 3.8) is 0 Å². The standard InChI is InChI=1S/C23H33N3O3S2/c1-17(2)22(25-19-8-6-5-7-9-19)16-24-23(27)21(14-15-30-4)26-31(28,29)20-12-10-18(3)11-13-20/h5-13,17,21-22,25-26H,14-16H2,1-4H3,(H,24,27). The molecular weight excluding hydrogens is 430 g/mol. The molecule has 1 amide bonds. The van der Waals surface area contributed by atoms with Gasteiger partial charge in [-0.25, -0.2) is 8.42 Å². The van der Waals surface area contributed by atoms with Gasteiger partial charge < -0.3 is 10.6 Å². The first-order chi connectivity index (χ1) is 14.7. The first kappa shape index (κ1) is 25.2.